The summed E-state index contributed by atoms with van der Waals surface area (Å²) in [6.45, 7) is 0. The molecule has 13 heavy (non-hydrogen) atoms. The predicted molar refractivity (Wildman–Crippen MR) is 43.9 cm³/mol. The van der Waals surface area contributed by atoms with Crippen LogP contribution in [-0.4, -0.2) is 12.3 Å². The Bertz CT molecular complexity index is 191. The number of amides is 1. The average molecular weight is 192 g/mol. The lowest BCUT2D eigenvalue weighted by molar-refractivity contribution is -0.144. The highest BCUT2D eigenvalue weighted by molar-refractivity contribution is 5.82. The molecule has 3 nitrogen and oxygen atoms in total. The van der Waals surface area contributed by atoms with Crippen LogP contribution in [0.25, 0.3) is 0 Å². The van der Waals surface area contributed by atoms with Gasteiger partial charge in [0.2, 0.25) is 5.91 Å². The minimum atomic E-state index is -2.61. The van der Waals surface area contributed by atoms with Crippen molar-refractivity contribution in [3.05, 3.63) is 0 Å². The van der Waals surface area contributed by atoms with Gasteiger partial charge in [-0.15, -0.1) is 0 Å². The van der Waals surface area contributed by atoms with Gasteiger partial charge in [-0.2, -0.15) is 0 Å². The van der Waals surface area contributed by atoms with Crippen LogP contribution in [0.1, 0.15) is 32.1 Å². The van der Waals surface area contributed by atoms with Crippen molar-refractivity contribution in [3.8, 4) is 0 Å². The third-order valence-corrected chi connectivity index (χ3v) is 2.75. The molecule has 0 spiro atoms. The van der Waals surface area contributed by atoms with Crippen LogP contribution >= 0.6 is 0 Å². The first-order valence-electron chi connectivity index (χ1n) is 4.43. The summed E-state index contributed by atoms with van der Waals surface area (Å²) in [4.78, 5) is 11.2. The fourth-order valence-corrected chi connectivity index (χ4v) is 1.87. The summed E-state index contributed by atoms with van der Waals surface area (Å²) in [6, 6.07) is 0. The first-order chi connectivity index (χ1) is 6.13. The van der Waals surface area contributed by atoms with Crippen LogP contribution in [0.2, 0.25) is 0 Å². The predicted octanol–water partition coefficient (Wildman–Crippen LogP) is 1.19. The second kappa shape index (κ2) is 4.00. The van der Waals surface area contributed by atoms with E-state index < -0.39 is 17.7 Å². The zero-order valence-electron chi connectivity index (χ0n) is 7.35. The number of alkyl halides is 2. The van der Waals surface area contributed by atoms with Gasteiger partial charge in [-0.05, 0) is 12.8 Å². The van der Waals surface area contributed by atoms with Crippen molar-refractivity contribution in [1.29, 1.82) is 0 Å². The number of nitrogens with one attached hydrogen (secondary N) is 1. The Morgan fingerprint density at radius 2 is 1.85 bits per heavy atom. The van der Waals surface area contributed by atoms with E-state index in [1.165, 1.54) is 0 Å². The molecule has 1 aliphatic rings. The van der Waals surface area contributed by atoms with Crippen LogP contribution < -0.4 is 11.3 Å². The van der Waals surface area contributed by atoms with E-state index in [1.807, 2.05) is 5.43 Å². The summed E-state index contributed by atoms with van der Waals surface area (Å²) in [6.07, 6.45) is 0.153. The van der Waals surface area contributed by atoms with Crippen molar-refractivity contribution in [2.75, 3.05) is 0 Å². The van der Waals surface area contributed by atoms with Crippen molar-refractivity contribution >= 4 is 5.91 Å². The summed E-state index contributed by atoms with van der Waals surface area (Å²) >= 11 is 0. The van der Waals surface area contributed by atoms with Gasteiger partial charge >= 0.3 is 0 Å². The number of rotatable bonds is 2. The largest absolute Gasteiger partial charge is 0.294 e. The van der Waals surface area contributed by atoms with Gasteiger partial charge < -0.3 is 0 Å². The monoisotopic (exact) mass is 192 g/mol. The molecule has 0 bridgehead atoms. The molecule has 1 amide bonds. The zero-order chi connectivity index (χ0) is 9.90. The van der Waals surface area contributed by atoms with Gasteiger partial charge in [0.25, 0.3) is 6.43 Å². The van der Waals surface area contributed by atoms with Crippen LogP contribution in [0.15, 0.2) is 0 Å². The highest BCUT2D eigenvalue weighted by Gasteiger charge is 2.47. The minimum absolute atomic E-state index is 0.244. The first kappa shape index (κ1) is 10.4. The molecule has 5 heteroatoms. The van der Waals surface area contributed by atoms with Crippen LogP contribution in [0.5, 0.6) is 0 Å². The number of hydrazine groups is 1. The smallest absolute Gasteiger partial charge is 0.252 e. The maximum atomic E-state index is 12.7. The molecular formula is C8H14F2N2O. The van der Waals surface area contributed by atoms with Crippen LogP contribution in [-0.2, 0) is 4.79 Å². The molecule has 1 fully saturated rings. The molecule has 1 rings (SSSR count). The van der Waals surface area contributed by atoms with Crippen LogP contribution in [0.4, 0.5) is 8.78 Å². The highest BCUT2D eigenvalue weighted by Crippen LogP contribution is 2.41. The Labute approximate surface area is 75.6 Å². The fourth-order valence-electron chi connectivity index (χ4n) is 1.87. The van der Waals surface area contributed by atoms with Gasteiger partial charge in [0.1, 0.15) is 5.41 Å². The van der Waals surface area contributed by atoms with Gasteiger partial charge in [-0.25, -0.2) is 14.6 Å². The maximum Gasteiger partial charge on any atom is 0.252 e. The van der Waals surface area contributed by atoms with E-state index in [0.717, 1.165) is 6.42 Å². The molecule has 0 atom stereocenters. The van der Waals surface area contributed by atoms with Gasteiger partial charge in [0.05, 0.1) is 0 Å². The van der Waals surface area contributed by atoms with Crippen molar-refractivity contribution in [2.24, 2.45) is 11.3 Å². The van der Waals surface area contributed by atoms with Crippen molar-refractivity contribution in [1.82, 2.24) is 5.43 Å². The Hall–Kier alpha value is -0.710. The van der Waals surface area contributed by atoms with Gasteiger partial charge in [0.15, 0.2) is 0 Å². The van der Waals surface area contributed by atoms with Crippen molar-refractivity contribution in [3.63, 3.8) is 0 Å². The third-order valence-electron chi connectivity index (χ3n) is 2.75. The molecule has 76 valence electrons. The molecule has 0 saturated heterocycles. The lowest BCUT2D eigenvalue weighted by Crippen LogP contribution is -2.49. The van der Waals surface area contributed by atoms with Gasteiger partial charge in [-0.1, -0.05) is 19.3 Å². The second-order valence-electron chi connectivity index (χ2n) is 3.49. The molecule has 0 aromatic rings. The normalized spacial score (nSPS) is 21.5. The summed E-state index contributed by atoms with van der Waals surface area (Å²) in [5, 5.41) is 0. The molecule has 0 aromatic heterocycles. The molecule has 0 aliphatic heterocycles. The molecule has 0 radical (unpaired) electrons. The molecule has 1 aliphatic carbocycles. The maximum absolute atomic E-state index is 12.7. The van der Waals surface area contributed by atoms with Gasteiger partial charge in [-0.3, -0.25) is 10.2 Å². The van der Waals surface area contributed by atoms with Crippen molar-refractivity contribution in [2.45, 2.75) is 38.5 Å². The number of carbonyl (C=O) groups is 1. The number of carbonyl (C=O) groups excluding carboxylic acids is 1. The zero-order valence-corrected chi connectivity index (χ0v) is 7.35. The summed E-state index contributed by atoms with van der Waals surface area (Å²) in [7, 11) is 0. The van der Waals surface area contributed by atoms with E-state index in [-0.39, 0.29) is 12.8 Å². The molecule has 0 unspecified atom stereocenters. The van der Waals surface area contributed by atoms with E-state index in [4.69, 9.17) is 5.84 Å². The van der Waals surface area contributed by atoms with E-state index in [0.29, 0.717) is 12.8 Å². The summed E-state index contributed by atoms with van der Waals surface area (Å²) in [5.74, 6) is 4.17. The number of halogens is 2. The van der Waals surface area contributed by atoms with E-state index in [9.17, 15) is 13.6 Å². The molecule has 3 N–H and O–H groups in total. The Morgan fingerprint density at radius 1 is 1.31 bits per heavy atom. The SMILES string of the molecule is NNC(=O)C1(C(F)F)CCCCC1. The van der Waals surface area contributed by atoms with E-state index in [2.05, 4.69) is 0 Å². The van der Waals surface area contributed by atoms with Gasteiger partial charge in [0, 0.05) is 0 Å². The minimum Gasteiger partial charge on any atom is -0.294 e. The van der Waals surface area contributed by atoms with Crippen LogP contribution in [0.3, 0.4) is 0 Å². The first-order valence-corrected chi connectivity index (χ1v) is 4.43. The molecular weight excluding hydrogens is 178 g/mol. The lowest BCUT2D eigenvalue weighted by atomic mass is 9.73. The topological polar surface area (TPSA) is 55.1 Å². The summed E-state index contributed by atoms with van der Waals surface area (Å²) < 4.78 is 25.4. The molecule has 0 heterocycles. The second-order valence-corrected chi connectivity index (χ2v) is 3.49. The molecule has 0 aromatic carbocycles. The third kappa shape index (κ3) is 1.80. The quantitative estimate of drug-likeness (QED) is 0.392. The Morgan fingerprint density at radius 3 is 2.23 bits per heavy atom. The van der Waals surface area contributed by atoms with Crippen molar-refractivity contribution < 1.29 is 13.6 Å². The van der Waals surface area contributed by atoms with Crippen LogP contribution in [0, 0.1) is 5.41 Å². The molecule has 1 saturated carbocycles. The lowest BCUT2D eigenvalue weighted by Gasteiger charge is -2.34. The van der Waals surface area contributed by atoms with E-state index >= 15 is 0 Å². The number of hydrogen-bond donors (Lipinski definition) is 2. The Kier molecular flexibility index (Phi) is 3.19. The summed E-state index contributed by atoms with van der Waals surface area (Å²) in [5.41, 5.74) is 0.317. The van der Waals surface area contributed by atoms with E-state index in [1.54, 1.807) is 0 Å². The Balaban J connectivity index is 2.79. The standard InChI is InChI=1S/C8H14F2N2O/c9-6(10)8(7(13)12-11)4-2-1-3-5-8/h6H,1-5,11H2,(H,12,13). The average Bonchev–Trinajstić information content (AvgIpc) is 2.17. The fraction of sp³-hybridized carbons (Fsp3) is 0.875. The number of hydrogen-bond acceptors (Lipinski definition) is 2. The number of nitrogens with two attached hydrogens (primary N) is 1. The highest BCUT2D eigenvalue weighted by atomic mass is 19.3.